The zero-order valence-corrected chi connectivity index (χ0v) is 16.8. The highest BCUT2D eigenvalue weighted by atomic mass is 16.6. The molecule has 0 saturated heterocycles. The molecular weight excluding hydrogens is 372 g/mol. The number of hydrogen-bond acceptors (Lipinski definition) is 5. The molecule has 1 aliphatic heterocycles. The number of nitrogens with zero attached hydrogens (tertiary/aromatic N) is 1. The summed E-state index contributed by atoms with van der Waals surface area (Å²) in [6.07, 6.45) is -1.07. The average molecular weight is 398 g/mol. The first-order valence-corrected chi connectivity index (χ1v) is 9.51. The van der Waals surface area contributed by atoms with Crippen molar-refractivity contribution in [1.29, 1.82) is 0 Å². The largest absolute Gasteiger partial charge is 0.486 e. The van der Waals surface area contributed by atoms with Crippen molar-refractivity contribution in [1.82, 2.24) is 0 Å². The topological polar surface area (TPSA) is 88.1 Å². The second-order valence-corrected chi connectivity index (χ2v) is 8.01. The number of hydrogen-bond donors (Lipinski definition) is 2. The minimum absolute atomic E-state index is 0.0807. The van der Waals surface area contributed by atoms with Crippen molar-refractivity contribution in [3.63, 3.8) is 0 Å². The highest BCUT2D eigenvalue weighted by Crippen LogP contribution is 2.37. The van der Waals surface area contributed by atoms with Gasteiger partial charge in [-0.25, -0.2) is 4.79 Å². The number of carboxylic acids is 1. The summed E-state index contributed by atoms with van der Waals surface area (Å²) in [7, 11) is 0. The van der Waals surface area contributed by atoms with Crippen molar-refractivity contribution in [3.8, 4) is 5.75 Å². The molecule has 7 nitrogen and oxygen atoms in total. The first kappa shape index (κ1) is 20.5. The molecule has 7 heteroatoms. The Bertz CT molecular complexity index is 877. The van der Waals surface area contributed by atoms with Gasteiger partial charge < -0.3 is 19.5 Å². The van der Waals surface area contributed by atoms with Crippen LogP contribution in [0.3, 0.4) is 0 Å². The lowest BCUT2D eigenvalue weighted by Gasteiger charge is -2.36. The van der Waals surface area contributed by atoms with Crippen LogP contribution in [0.4, 0.5) is 16.2 Å². The van der Waals surface area contributed by atoms with Gasteiger partial charge in [-0.3, -0.25) is 10.1 Å². The Hall–Kier alpha value is -3.22. The number of rotatable bonds is 5. The van der Waals surface area contributed by atoms with Crippen LogP contribution in [0.15, 0.2) is 48.5 Å². The molecule has 1 heterocycles. The normalized spacial score (nSPS) is 15.8. The molecule has 0 saturated carbocycles. The summed E-state index contributed by atoms with van der Waals surface area (Å²) >= 11 is 0. The number of amides is 1. The van der Waals surface area contributed by atoms with Crippen molar-refractivity contribution in [2.45, 2.75) is 45.4 Å². The van der Waals surface area contributed by atoms with Crippen LogP contribution >= 0.6 is 0 Å². The molecule has 0 bridgehead atoms. The number of aliphatic carboxylic acids is 1. The van der Waals surface area contributed by atoms with E-state index in [1.807, 2.05) is 36.4 Å². The molecule has 29 heavy (non-hydrogen) atoms. The monoisotopic (exact) mass is 398 g/mol. The molecule has 2 N–H and O–H groups in total. The van der Waals surface area contributed by atoms with Crippen LogP contribution in [0.5, 0.6) is 5.75 Å². The number of ether oxygens (including phenoxy) is 2. The zero-order chi connectivity index (χ0) is 21.0. The number of anilines is 2. The van der Waals surface area contributed by atoms with Crippen molar-refractivity contribution in [2.75, 3.05) is 16.8 Å². The standard InChI is InChI=1S/C22H26N2O5/c1-22(2,3)29-21(27)23-16-9-10-19-18(11-16)24(13-15-7-5-4-6-8-15)14-17(28-19)12-20(25)26/h4-11,17H,12-14H2,1-3H3,(H,23,27)(H,25,26). The van der Waals surface area contributed by atoms with Crippen LogP contribution in [0, 0.1) is 0 Å². The predicted molar refractivity (Wildman–Crippen MR) is 110 cm³/mol. The molecule has 2 aromatic rings. The zero-order valence-electron chi connectivity index (χ0n) is 16.8. The van der Waals surface area contributed by atoms with Crippen molar-refractivity contribution in [3.05, 3.63) is 54.1 Å². The summed E-state index contributed by atoms with van der Waals surface area (Å²) in [4.78, 5) is 25.3. The van der Waals surface area contributed by atoms with Crippen LogP contribution < -0.4 is 15.0 Å². The van der Waals surface area contributed by atoms with E-state index in [9.17, 15) is 9.59 Å². The third kappa shape index (κ3) is 5.88. The smallest absolute Gasteiger partial charge is 0.412 e. The first-order valence-electron chi connectivity index (χ1n) is 9.51. The van der Waals surface area contributed by atoms with E-state index in [4.69, 9.17) is 14.6 Å². The second kappa shape index (κ2) is 8.43. The minimum atomic E-state index is -0.902. The Morgan fingerprint density at radius 1 is 1.21 bits per heavy atom. The number of fused-ring (bicyclic) bond motifs is 1. The fourth-order valence-corrected chi connectivity index (χ4v) is 3.18. The molecule has 154 valence electrons. The number of benzene rings is 2. The molecule has 1 amide bonds. The van der Waals surface area contributed by atoms with Gasteiger partial charge in [0.2, 0.25) is 0 Å². The summed E-state index contributed by atoms with van der Waals surface area (Å²) < 4.78 is 11.2. The van der Waals surface area contributed by atoms with Gasteiger partial charge in [-0.1, -0.05) is 30.3 Å². The van der Waals surface area contributed by atoms with E-state index in [-0.39, 0.29) is 6.42 Å². The lowest BCUT2D eigenvalue weighted by atomic mass is 10.1. The highest BCUT2D eigenvalue weighted by molar-refractivity contribution is 5.86. The predicted octanol–water partition coefficient (Wildman–Crippen LogP) is 4.28. The van der Waals surface area contributed by atoms with Gasteiger partial charge in [0.25, 0.3) is 0 Å². The summed E-state index contributed by atoms with van der Waals surface area (Å²) in [5.74, 6) is -0.311. The van der Waals surface area contributed by atoms with E-state index < -0.39 is 23.8 Å². The van der Waals surface area contributed by atoms with Gasteiger partial charge >= 0.3 is 12.1 Å². The summed E-state index contributed by atoms with van der Waals surface area (Å²) in [5, 5.41) is 11.9. The Morgan fingerprint density at radius 2 is 1.93 bits per heavy atom. The van der Waals surface area contributed by atoms with Gasteiger partial charge in [0.1, 0.15) is 17.5 Å². The van der Waals surface area contributed by atoms with E-state index in [2.05, 4.69) is 10.2 Å². The maximum Gasteiger partial charge on any atom is 0.412 e. The second-order valence-electron chi connectivity index (χ2n) is 8.01. The quantitative estimate of drug-likeness (QED) is 0.782. The maximum atomic E-state index is 12.1. The van der Waals surface area contributed by atoms with Crippen LogP contribution in [0.2, 0.25) is 0 Å². The molecule has 1 unspecified atom stereocenters. The maximum absolute atomic E-state index is 12.1. The molecule has 0 aromatic heterocycles. The third-order valence-corrected chi connectivity index (χ3v) is 4.28. The fraction of sp³-hybridized carbons (Fsp3) is 0.364. The Labute approximate surface area is 170 Å². The number of carbonyl (C=O) groups excluding carboxylic acids is 1. The summed E-state index contributed by atoms with van der Waals surface area (Å²) in [6, 6.07) is 15.2. The molecule has 0 radical (unpaired) electrons. The highest BCUT2D eigenvalue weighted by Gasteiger charge is 2.28. The summed E-state index contributed by atoms with van der Waals surface area (Å²) in [5.41, 5.74) is 1.88. The number of carbonyl (C=O) groups is 2. The van der Waals surface area contributed by atoms with E-state index in [1.165, 1.54) is 0 Å². The first-order chi connectivity index (χ1) is 13.7. The molecule has 0 fully saturated rings. The van der Waals surface area contributed by atoms with Crippen molar-refractivity contribution >= 4 is 23.4 Å². The number of carboxylic acid groups (broad SMARTS) is 1. The van der Waals surface area contributed by atoms with Gasteiger partial charge in [-0.05, 0) is 44.5 Å². The van der Waals surface area contributed by atoms with E-state index in [0.29, 0.717) is 24.5 Å². The van der Waals surface area contributed by atoms with Crippen LogP contribution in [0.25, 0.3) is 0 Å². The Morgan fingerprint density at radius 3 is 2.59 bits per heavy atom. The van der Waals surface area contributed by atoms with Crippen LogP contribution in [0.1, 0.15) is 32.8 Å². The van der Waals surface area contributed by atoms with Crippen molar-refractivity contribution < 1.29 is 24.2 Å². The van der Waals surface area contributed by atoms with Gasteiger partial charge in [0, 0.05) is 12.2 Å². The van der Waals surface area contributed by atoms with Gasteiger partial charge in [-0.2, -0.15) is 0 Å². The third-order valence-electron chi connectivity index (χ3n) is 4.28. The Kier molecular flexibility index (Phi) is 5.96. The lowest BCUT2D eigenvalue weighted by Crippen LogP contribution is -2.40. The summed E-state index contributed by atoms with van der Waals surface area (Å²) in [6.45, 7) is 6.44. The number of nitrogens with one attached hydrogen (secondary N) is 1. The van der Waals surface area contributed by atoms with E-state index >= 15 is 0 Å². The minimum Gasteiger partial charge on any atom is -0.486 e. The Balaban J connectivity index is 1.84. The average Bonchev–Trinajstić information content (AvgIpc) is 2.61. The molecule has 0 spiro atoms. The fourth-order valence-electron chi connectivity index (χ4n) is 3.18. The lowest BCUT2D eigenvalue weighted by molar-refractivity contribution is -0.138. The van der Waals surface area contributed by atoms with Crippen LogP contribution in [-0.4, -0.2) is 35.4 Å². The molecular formula is C22H26N2O5. The van der Waals surface area contributed by atoms with Gasteiger partial charge in [0.15, 0.2) is 0 Å². The molecule has 1 aliphatic rings. The van der Waals surface area contributed by atoms with Crippen molar-refractivity contribution in [2.24, 2.45) is 0 Å². The molecule has 3 rings (SSSR count). The SMILES string of the molecule is CC(C)(C)OC(=O)Nc1ccc2c(c1)N(Cc1ccccc1)CC(CC(=O)O)O2. The molecule has 0 aliphatic carbocycles. The van der Waals surface area contributed by atoms with E-state index in [0.717, 1.165) is 11.3 Å². The van der Waals surface area contributed by atoms with Gasteiger partial charge in [-0.15, -0.1) is 0 Å². The molecule has 2 aromatic carbocycles. The van der Waals surface area contributed by atoms with E-state index in [1.54, 1.807) is 32.9 Å². The van der Waals surface area contributed by atoms with Gasteiger partial charge in [0.05, 0.1) is 18.7 Å². The van der Waals surface area contributed by atoms with Crippen LogP contribution in [-0.2, 0) is 16.1 Å². The molecule has 1 atom stereocenters.